The lowest BCUT2D eigenvalue weighted by Crippen LogP contribution is -2.23. The Morgan fingerprint density at radius 3 is 2.92 bits per heavy atom. The van der Waals surface area contributed by atoms with E-state index in [1.807, 2.05) is 0 Å². The normalized spacial score (nSPS) is 28.8. The fraction of sp³-hybridized carbons (Fsp3) is 0.900. The number of carbonyl (C=O) groups excluding carboxylic acids is 1. The van der Waals surface area contributed by atoms with Crippen molar-refractivity contribution in [1.29, 1.82) is 0 Å². The zero-order chi connectivity index (χ0) is 9.68. The molecule has 0 radical (unpaired) electrons. The molecule has 0 aliphatic heterocycles. The van der Waals surface area contributed by atoms with E-state index >= 15 is 0 Å². The van der Waals surface area contributed by atoms with Crippen LogP contribution in [0.15, 0.2) is 0 Å². The lowest BCUT2D eigenvalue weighted by Gasteiger charge is -2.27. The predicted octanol–water partition coefficient (Wildman–Crippen LogP) is 2.39. The molecule has 0 saturated heterocycles. The number of ether oxygens (including phenoxy) is 1. The number of halogens is 1. The number of carbonyl (C=O) groups is 1. The summed E-state index contributed by atoms with van der Waals surface area (Å²) in [6.07, 6.45) is 5.51. The topological polar surface area (TPSA) is 26.3 Å². The molecule has 3 heteroatoms. The van der Waals surface area contributed by atoms with Crippen LogP contribution in [0.5, 0.6) is 0 Å². The van der Waals surface area contributed by atoms with Gasteiger partial charge in [0.2, 0.25) is 0 Å². The lowest BCUT2D eigenvalue weighted by atomic mass is 9.84. The van der Waals surface area contributed by atoms with Gasteiger partial charge in [-0.25, -0.2) is 0 Å². The first kappa shape index (κ1) is 11.0. The molecule has 0 aromatic heterocycles. The number of hydrogen-bond donors (Lipinski definition) is 0. The average molecular weight is 205 g/mol. The van der Waals surface area contributed by atoms with Crippen LogP contribution in [0.1, 0.15) is 32.1 Å². The molecular weight excluding hydrogens is 188 g/mol. The van der Waals surface area contributed by atoms with Gasteiger partial charge in [0.05, 0.1) is 12.0 Å². The molecule has 1 aliphatic carbocycles. The Balaban J connectivity index is 2.29. The van der Waals surface area contributed by atoms with Crippen molar-refractivity contribution >= 4 is 17.4 Å². The summed E-state index contributed by atoms with van der Waals surface area (Å²) in [5.74, 6) is 0.835. The number of Topliss-reactive ketones (excluding diaryl/α,β-unsaturated/α-hetero) is 1. The monoisotopic (exact) mass is 204 g/mol. The van der Waals surface area contributed by atoms with E-state index in [-0.39, 0.29) is 11.7 Å². The minimum Gasteiger partial charge on any atom is -0.381 e. The van der Waals surface area contributed by atoms with Gasteiger partial charge in [0, 0.05) is 13.5 Å². The second kappa shape index (κ2) is 5.61. The Bertz CT molecular complexity index is 170. The van der Waals surface area contributed by atoms with Gasteiger partial charge in [-0.05, 0) is 25.2 Å². The Kier molecular flexibility index (Phi) is 4.74. The van der Waals surface area contributed by atoms with E-state index in [0.717, 1.165) is 19.3 Å². The van der Waals surface area contributed by atoms with Gasteiger partial charge in [0.15, 0.2) is 0 Å². The Morgan fingerprint density at radius 2 is 2.31 bits per heavy atom. The molecule has 2 nitrogen and oxygen atoms in total. The molecule has 0 bridgehead atoms. The van der Waals surface area contributed by atoms with Gasteiger partial charge in [0.25, 0.3) is 0 Å². The molecule has 1 fully saturated rings. The number of methoxy groups -OCH3 is 1. The maximum Gasteiger partial charge on any atom is 0.147 e. The van der Waals surface area contributed by atoms with Crippen LogP contribution in [0.4, 0.5) is 0 Å². The van der Waals surface area contributed by atoms with Crippen molar-refractivity contribution in [2.24, 2.45) is 5.92 Å². The summed E-state index contributed by atoms with van der Waals surface area (Å²) in [5, 5.41) is 0. The molecule has 1 aliphatic rings. The average Bonchev–Trinajstić information content (AvgIpc) is 2.18. The van der Waals surface area contributed by atoms with Crippen molar-refractivity contribution in [3.05, 3.63) is 0 Å². The zero-order valence-corrected chi connectivity index (χ0v) is 8.85. The number of alkyl halides is 1. The van der Waals surface area contributed by atoms with Crippen LogP contribution in [0, 0.1) is 5.92 Å². The molecule has 2 atom stereocenters. The predicted molar refractivity (Wildman–Crippen MR) is 53.1 cm³/mol. The van der Waals surface area contributed by atoms with E-state index in [2.05, 4.69) is 0 Å². The van der Waals surface area contributed by atoms with E-state index in [4.69, 9.17) is 16.3 Å². The summed E-state index contributed by atoms with van der Waals surface area (Å²) in [7, 11) is 1.75. The first-order valence-electron chi connectivity index (χ1n) is 4.86. The molecule has 1 rings (SSSR count). The van der Waals surface area contributed by atoms with E-state index < -0.39 is 0 Å². The molecular formula is C10H17ClO2. The number of ketones is 1. The molecule has 0 aromatic carbocycles. The summed E-state index contributed by atoms with van der Waals surface area (Å²) < 4.78 is 5.29. The third-order valence-corrected chi connectivity index (χ3v) is 3.03. The Morgan fingerprint density at radius 1 is 1.54 bits per heavy atom. The van der Waals surface area contributed by atoms with Crippen LogP contribution in [0.3, 0.4) is 0 Å². The van der Waals surface area contributed by atoms with Crippen LogP contribution in [-0.2, 0) is 9.53 Å². The zero-order valence-electron chi connectivity index (χ0n) is 8.09. The van der Waals surface area contributed by atoms with Gasteiger partial charge in [-0.2, -0.15) is 0 Å². The van der Waals surface area contributed by atoms with Gasteiger partial charge in [-0.15, -0.1) is 11.6 Å². The number of hydrogen-bond acceptors (Lipinski definition) is 2. The summed E-state index contributed by atoms with van der Waals surface area (Å²) in [4.78, 5) is 11.1. The van der Waals surface area contributed by atoms with Gasteiger partial charge < -0.3 is 4.74 Å². The van der Waals surface area contributed by atoms with Crippen LogP contribution < -0.4 is 0 Å². The molecule has 0 heterocycles. The van der Waals surface area contributed by atoms with Crippen molar-refractivity contribution in [2.45, 2.75) is 38.2 Å². The third-order valence-electron chi connectivity index (χ3n) is 2.73. The maximum atomic E-state index is 11.1. The second-order valence-electron chi connectivity index (χ2n) is 3.77. The summed E-state index contributed by atoms with van der Waals surface area (Å²) in [6, 6.07) is 0. The van der Waals surface area contributed by atoms with Crippen molar-refractivity contribution in [3.8, 4) is 0 Å². The third kappa shape index (κ3) is 3.65. The van der Waals surface area contributed by atoms with E-state index in [0.29, 0.717) is 18.4 Å². The Hall–Kier alpha value is -0.0800. The van der Waals surface area contributed by atoms with Crippen molar-refractivity contribution < 1.29 is 9.53 Å². The van der Waals surface area contributed by atoms with Crippen molar-refractivity contribution in [1.82, 2.24) is 0 Å². The van der Waals surface area contributed by atoms with Crippen LogP contribution >= 0.6 is 11.6 Å². The highest BCUT2D eigenvalue weighted by molar-refractivity contribution is 6.27. The minimum atomic E-state index is 0.161. The largest absolute Gasteiger partial charge is 0.381 e. The van der Waals surface area contributed by atoms with Gasteiger partial charge >= 0.3 is 0 Å². The molecule has 1 saturated carbocycles. The standard InChI is InChI=1S/C10H17ClO2/c1-13-10-4-2-3-8(6-10)5-9(12)7-11/h8,10H,2-7H2,1H3. The SMILES string of the molecule is COC1CCCC(CC(=O)CCl)C1. The lowest BCUT2D eigenvalue weighted by molar-refractivity contribution is -0.118. The molecule has 0 spiro atoms. The summed E-state index contributed by atoms with van der Waals surface area (Å²) in [6.45, 7) is 0. The van der Waals surface area contributed by atoms with Gasteiger partial charge in [-0.3, -0.25) is 4.79 Å². The molecule has 0 aromatic rings. The molecule has 0 N–H and O–H groups in total. The highest BCUT2D eigenvalue weighted by Gasteiger charge is 2.23. The van der Waals surface area contributed by atoms with Crippen molar-refractivity contribution in [3.63, 3.8) is 0 Å². The quantitative estimate of drug-likeness (QED) is 0.658. The second-order valence-corrected chi connectivity index (χ2v) is 4.03. The number of rotatable bonds is 4. The minimum absolute atomic E-state index is 0.161. The molecule has 0 amide bonds. The Labute approximate surface area is 84.6 Å². The summed E-state index contributed by atoms with van der Waals surface area (Å²) in [5.41, 5.74) is 0. The fourth-order valence-corrected chi connectivity index (χ4v) is 2.13. The first-order chi connectivity index (χ1) is 6.26. The van der Waals surface area contributed by atoms with E-state index in [1.54, 1.807) is 7.11 Å². The van der Waals surface area contributed by atoms with E-state index in [9.17, 15) is 4.79 Å². The van der Waals surface area contributed by atoms with Gasteiger partial charge in [0.1, 0.15) is 5.78 Å². The first-order valence-corrected chi connectivity index (χ1v) is 5.40. The van der Waals surface area contributed by atoms with Crippen molar-refractivity contribution in [2.75, 3.05) is 13.0 Å². The molecule has 2 unspecified atom stereocenters. The van der Waals surface area contributed by atoms with Crippen LogP contribution in [-0.4, -0.2) is 24.9 Å². The molecule has 76 valence electrons. The smallest absolute Gasteiger partial charge is 0.147 e. The summed E-state index contributed by atoms with van der Waals surface area (Å²) >= 11 is 5.46. The maximum absolute atomic E-state index is 11.1. The van der Waals surface area contributed by atoms with Crippen LogP contribution in [0.25, 0.3) is 0 Å². The fourth-order valence-electron chi connectivity index (χ4n) is 2.02. The van der Waals surface area contributed by atoms with E-state index in [1.165, 1.54) is 6.42 Å². The van der Waals surface area contributed by atoms with Crippen LogP contribution in [0.2, 0.25) is 0 Å². The highest BCUT2D eigenvalue weighted by Crippen LogP contribution is 2.28. The van der Waals surface area contributed by atoms with Gasteiger partial charge in [-0.1, -0.05) is 6.42 Å². The highest BCUT2D eigenvalue weighted by atomic mass is 35.5. The molecule has 13 heavy (non-hydrogen) atoms.